The van der Waals surface area contributed by atoms with Gasteiger partial charge in [-0.15, -0.1) is 0 Å². The summed E-state index contributed by atoms with van der Waals surface area (Å²) >= 11 is 0. The van der Waals surface area contributed by atoms with Crippen molar-refractivity contribution >= 4 is 11.9 Å². The first-order valence-corrected chi connectivity index (χ1v) is 18.8. The van der Waals surface area contributed by atoms with Crippen LogP contribution in [0.1, 0.15) is 160 Å². The lowest BCUT2D eigenvalue weighted by atomic mass is 9.46. The molecule has 2 N–H and O–H groups in total. The molecule has 0 radical (unpaired) electrons. The molecule has 50 heavy (non-hydrogen) atoms. The summed E-state index contributed by atoms with van der Waals surface area (Å²) in [5, 5.41) is 52.4. The van der Waals surface area contributed by atoms with E-state index in [1.807, 2.05) is 14.7 Å². The first-order valence-electron chi connectivity index (χ1n) is 18.8. The first-order chi connectivity index (χ1) is 22.8. The molecule has 280 valence electrons. The Morgan fingerprint density at radius 3 is 1.22 bits per heavy atom. The monoisotopic (exact) mass is 695 g/mol. The van der Waals surface area contributed by atoms with E-state index in [1.165, 1.54) is 0 Å². The lowest BCUT2D eigenvalue weighted by Crippen LogP contribution is -2.68. The molecular formula is C40H66N6O4. The molecule has 0 bridgehead atoms. The molecule has 0 amide bonds. The topological polar surface area (TPSA) is 156 Å². The van der Waals surface area contributed by atoms with Gasteiger partial charge < -0.3 is 10.2 Å². The Kier molecular flexibility index (Phi) is 11.6. The summed E-state index contributed by atoms with van der Waals surface area (Å²) in [6, 6.07) is 0. The number of carbonyl (C=O) groups is 2. The van der Waals surface area contributed by atoms with Gasteiger partial charge in [0.2, 0.25) is 0 Å². The minimum absolute atomic E-state index is 0.000149. The number of likely N-dealkylation sites (tertiary alicyclic amines) is 3. The molecule has 10 heteroatoms. The van der Waals surface area contributed by atoms with Crippen LogP contribution in [0, 0.1) is 63.5 Å². The van der Waals surface area contributed by atoms with Crippen molar-refractivity contribution in [3.63, 3.8) is 0 Å². The summed E-state index contributed by atoms with van der Waals surface area (Å²) in [5.74, 6) is -2.33. The van der Waals surface area contributed by atoms with Crippen molar-refractivity contribution in [2.45, 2.75) is 193 Å². The Bertz CT molecular complexity index is 1290. The van der Waals surface area contributed by atoms with Gasteiger partial charge in [0.15, 0.2) is 18.6 Å². The zero-order valence-electron chi connectivity index (χ0n) is 33.2. The third kappa shape index (κ3) is 7.68. The van der Waals surface area contributed by atoms with Gasteiger partial charge in [0, 0.05) is 39.7 Å². The molecule has 3 heterocycles. The minimum atomic E-state index is -1.18. The van der Waals surface area contributed by atoms with Crippen LogP contribution in [-0.2, 0) is 9.59 Å². The summed E-state index contributed by atoms with van der Waals surface area (Å²) < 4.78 is 0. The van der Waals surface area contributed by atoms with Gasteiger partial charge in [-0.2, -0.15) is 15.8 Å². The van der Waals surface area contributed by atoms with Crippen molar-refractivity contribution in [2.24, 2.45) is 29.1 Å². The standard InChI is InChI=1S/C40H66N6O4/c1-34(2)19-28(20-35(3,4)44(34)25-41)31(17-15-13-14-16-18-32(47)48)40(33(49)50,29-21-36(5,6)45(26-42)37(7,8)22-29)30-23-38(9,10)46(27-43)39(11,12)24-30/h28-31H,13-24H2,1-12H3,(H,47,48)(H,49,50). The highest BCUT2D eigenvalue weighted by molar-refractivity contribution is 5.76. The van der Waals surface area contributed by atoms with Crippen molar-refractivity contribution in [1.82, 2.24) is 14.7 Å². The Morgan fingerprint density at radius 2 is 0.920 bits per heavy atom. The van der Waals surface area contributed by atoms with Crippen LogP contribution >= 0.6 is 0 Å². The Morgan fingerprint density at radius 1 is 0.600 bits per heavy atom. The largest absolute Gasteiger partial charge is 0.481 e. The van der Waals surface area contributed by atoms with E-state index >= 15 is 0 Å². The van der Waals surface area contributed by atoms with Gasteiger partial charge in [-0.3, -0.25) is 24.3 Å². The van der Waals surface area contributed by atoms with Crippen molar-refractivity contribution in [2.75, 3.05) is 0 Å². The SMILES string of the molecule is CC1(C)CC(C(CCCCCCC(=O)O)C(C(=O)O)(C2CC(C)(C)N(C#N)C(C)(C)C2)C2CC(C)(C)N(C#N)C(C)(C)C2)CC(C)(C)N1C#N. The zero-order valence-corrected chi connectivity index (χ0v) is 33.2. The molecule has 3 aliphatic rings. The number of aliphatic carboxylic acids is 2. The lowest BCUT2D eigenvalue weighted by molar-refractivity contribution is -0.192. The van der Waals surface area contributed by atoms with E-state index in [-0.39, 0.29) is 30.1 Å². The molecule has 3 rings (SSSR count). The first kappa shape index (κ1) is 41.2. The highest BCUT2D eigenvalue weighted by Gasteiger charge is 2.66. The molecule has 0 spiro atoms. The van der Waals surface area contributed by atoms with Crippen molar-refractivity contribution in [1.29, 1.82) is 15.8 Å². The highest BCUT2D eigenvalue weighted by atomic mass is 16.4. The van der Waals surface area contributed by atoms with Crippen LogP contribution in [0.4, 0.5) is 0 Å². The number of carboxylic acids is 2. The highest BCUT2D eigenvalue weighted by Crippen LogP contribution is 2.63. The number of rotatable bonds is 12. The van der Waals surface area contributed by atoms with Gasteiger partial charge in [0.25, 0.3) is 0 Å². The quantitative estimate of drug-likeness (QED) is 0.150. The molecule has 3 aliphatic heterocycles. The van der Waals surface area contributed by atoms with E-state index in [1.54, 1.807) is 0 Å². The number of hydrogen-bond donors (Lipinski definition) is 2. The molecule has 10 nitrogen and oxygen atoms in total. The smallest absolute Gasteiger partial charge is 0.310 e. The molecule has 3 saturated heterocycles. The van der Waals surface area contributed by atoms with E-state index in [0.29, 0.717) is 51.4 Å². The third-order valence-corrected chi connectivity index (χ3v) is 13.0. The maximum atomic E-state index is 14.8. The van der Waals surface area contributed by atoms with Crippen molar-refractivity contribution in [3.8, 4) is 18.6 Å². The average Bonchev–Trinajstić information content (AvgIpc) is 2.90. The second-order valence-corrected chi connectivity index (χ2v) is 19.8. The Labute approximate surface area is 302 Å². The van der Waals surface area contributed by atoms with Gasteiger partial charge in [-0.25, -0.2) is 0 Å². The van der Waals surface area contributed by atoms with Crippen molar-refractivity contribution < 1.29 is 19.8 Å². The Balaban J connectivity index is 2.34. The van der Waals surface area contributed by atoms with Gasteiger partial charge in [0.1, 0.15) is 0 Å². The lowest BCUT2D eigenvalue weighted by Gasteiger charge is -2.64. The summed E-state index contributed by atoms with van der Waals surface area (Å²) in [4.78, 5) is 31.7. The fraction of sp³-hybridized carbons (Fsp3) is 0.875. The summed E-state index contributed by atoms with van der Waals surface area (Å²) in [5.41, 5.74) is -4.48. The van der Waals surface area contributed by atoms with Gasteiger partial charge in [-0.05, 0) is 158 Å². The fourth-order valence-electron chi connectivity index (χ4n) is 12.0. The van der Waals surface area contributed by atoms with E-state index in [9.17, 15) is 35.6 Å². The van der Waals surface area contributed by atoms with Gasteiger partial charge in [-0.1, -0.05) is 19.3 Å². The normalized spacial score (nSPS) is 25.2. The maximum absolute atomic E-state index is 14.8. The van der Waals surface area contributed by atoms with Crippen LogP contribution in [0.15, 0.2) is 0 Å². The fourth-order valence-corrected chi connectivity index (χ4v) is 12.0. The molecule has 1 unspecified atom stereocenters. The molecule has 0 aromatic carbocycles. The Hall–Kier alpha value is -3.19. The number of carboxylic acid groups (broad SMARTS) is 2. The van der Waals surface area contributed by atoms with Crippen LogP contribution in [0.5, 0.6) is 0 Å². The third-order valence-electron chi connectivity index (χ3n) is 13.0. The number of hydrogen-bond acceptors (Lipinski definition) is 8. The van der Waals surface area contributed by atoms with Crippen molar-refractivity contribution in [3.05, 3.63) is 0 Å². The predicted molar refractivity (Wildman–Crippen MR) is 194 cm³/mol. The summed E-state index contributed by atoms with van der Waals surface area (Å²) in [6.07, 6.45) is 14.7. The van der Waals surface area contributed by atoms with Crippen LogP contribution < -0.4 is 0 Å². The van der Waals surface area contributed by atoms with Gasteiger partial charge in [0.05, 0.1) is 5.41 Å². The minimum Gasteiger partial charge on any atom is -0.481 e. The second kappa shape index (κ2) is 14.1. The van der Waals surface area contributed by atoms with Crippen LogP contribution in [0.25, 0.3) is 0 Å². The molecule has 0 aliphatic carbocycles. The molecular weight excluding hydrogens is 628 g/mol. The van der Waals surface area contributed by atoms with Crippen LogP contribution in [0.2, 0.25) is 0 Å². The van der Waals surface area contributed by atoms with Crippen LogP contribution in [-0.4, -0.2) is 70.1 Å². The molecule has 3 fully saturated rings. The average molecular weight is 695 g/mol. The predicted octanol–water partition coefficient (Wildman–Crippen LogP) is 8.35. The summed E-state index contributed by atoms with van der Waals surface area (Å²) in [6.45, 7) is 24.9. The molecule has 0 saturated carbocycles. The number of unbranched alkanes of at least 4 members (excludes halogenated alkanes) is 3. The molecule has 1 atom stereocenters. The van der Waals surface area contributed by atoms with E-state index in [0.717, 1.165) is 19.3 Å². The maximum Gasteiger partial charge on any atom is 0.310 e. The molecule has 0 aromatic rings. The number of nitriles is 3. The number of piperidine rings is 3. The van der Waals surface area contributed by atoms with Crippen LogP contribution in [0.3, 0.4) is 0 Å². The molecule has 0 aromatic heterocycles. The zero-order chi connectivity index (χ0) is 38.3. The number of nitrogens with zero attached hydrogens (tertiary/aromatic N) is 6. The van der Waals surface area contributed by atoms with E-state index < -0.39 is 50.6 Å². The van der Waals surface area contributed by atoms with E-state index in [4.69, 9.17) is 0 Å². The summed E-state index contributed by atoms with van der Waals surface area (Å²) in [7, 11) is 0. The van der Waals surface area contributed by atoms with Gasteiger partial charge >= 0.3 is 11.9 Å². The second-order valence-electron chi connectivity index (χ2n) is 19.8. The van der Waals surface area contributed by atoms with E-state index in [2.05, 4.69) is 102 Å².